The SMILES string of the molecule is COC(=O)c1ccccc1C1CC(=O)c2c(Cc3cccc4ccc5c6ccccc6ccc5c34)nc(N)nc2C1. The van der Waals surface area contributed by atoms with Gasteiger partial charge in [-0.25, -0.2) is 14.8 Å². The Bertz CT molecular complexity index is 2030. The van der Waals surface area contributed by atoms with Crippen LogP contribution in [0.1, 0.15) is 55.6 Å². The fraction of sp³-hybridized carbons (Fsp3) is 0.143. The zero-order chi connectivity index (χ0) is 28.1. The first-order valence-corrected chi connectivity index (χ1v) is 13.7. The van der Waals surface area contributed by atoms with Crippen LogP contribution < -0.4 is 5.73 Å². The molecule has 0 saturated carbocycles. The summed E-state index contributed by atoms with van der Waals surface area (Å²) in [6.07, 6.45) is 1.19. The summed E-state index contributed by atoms with van der Waals surface area (Å²) in [5.74, 6) is -0.522. The minimum absolute atomic E-state index is 0.0398. The highest BCUT2D eigenvalue weighted by atomic mass is 16.5. The number of hydrogen-bond donors (Lipinski definition) is 1. The molecular formula is C35H27N3O3. The van der Waals surface area contributed by atoms with Crippen LogP contribution in [0.5, 0.6) is 0 Å². The Balaban J connectivity index is 1.34. The molecule has 1 aromatic heterocycles. The van der Waals surface area contributed by atoms with Crippen molar-refractivity contribution in [3.8, 4) is 0 Å². The lowest BCUT2D eigenvalue weighted by atomic mass is 9.79. The van der Waals surface area contributed by atoms with Crippen LogP contribution in [-0.4, -0.2) is 28.8 Å². The number of nitrogen functional groups attached to an aromatic ring is 1. The number of methoxy groups -OCH3 is 1. The van der Waals surface area contributed by atoms with E-state index in [0.29, 0.717) is 35.4 Å². The van der Waals surface area contributed by atoms with Crippen molar-refractivity contribution in [3.63, 3.8) is 0 Å². The molecule has 1 aliphatic rings. The van der Waals surface area contributed by atoms with E-state index in [9.17, 15) is 9.59 Å². The van der Waals surface area contributed by atoms with Gasteiger partial charge in [-0.1, -0.05) is 84.9 Å². The number of ketones is 1. The highest BCUT2D eigenvalue weighted by molar-refractivity contribution is 6.18. The first-order valence-electron chi connectivity index (χ1n) is 13.7. The van der Waals surface area contributed by atoms with Crippen LogP contribution in [0, 0.1) is 0 Å². The van der Waals surface area contributed by atoms with Crippen LogP contribution in [0.25, 0.3) is 32.3 Å². The number of rotatable bonds is 4. The van der Waals surface area contributed by atoms with Gasteiger partial charge in [0, 0.05) is 12.8 Å². The quantitative estimate of drug-likeness (QED) is 0.196. The molecule has 1 heterocycles. The summed E-state index contributed by atoms with van der Waals surface area (Å²) in [4.78, 5) is 35.3. The van der Waals surface area contributed by atoms with E-state index in [0.717, 1.165) is 21.9 Å². The van der Waals surface area contributed by atoms with E-state index in [4.69, 9.17) is 10.5 Å². The van der Waals surface area contributed by atoms with Gasteiger partial charge in [0.25, 0.3) is 0 Å². The van der Waals surface area contributed by atoms with E-state index in [2.05, 4.69) is 70.6 Å². The fourth-order valence-electron chi connectivity index (χ4n) is 6.46. The normalized spacial score (nSPS) is 14.9. The number of fused-ring (bicyclic) bond motifs is 6. The van der Waals surface area contributed by atoms with Crippen molar-refractivity contribution in [2.24, 2.45) is 0 Å². The van der Waals surface area contributed by atoms with Gasteiger partial charge in [0.2, 0.25) is 5.95 Å². The van der Waals surface area contributed by atoms with Gasteiger partial charge in [0.1, 0.15) is 0 Å². The molecule has 0 amide bonds. The zero-order valence-corrected chi connectivity index (χ0v) is 22.6. The highest BCUT2D eigenvalue weighted by Crippen LogP contribution is 2.37. The number of ether oxygens (including phenoxy) is 1. The van der Waals surface area contributed by atoms with Crippen LogP contribution in [0.2, 0.25) is 0 Å². The van der Waals surface area contributed by atoms with Crippen LogP contribution in [0.4, 0.5) is 5.95 Å². The Morgan fingerprint density at radius 1 is 0.829 bits per heavy atom. The van der Waals surface area contributed by atoms with Gasteiger partial charge >= 0.3 is 5.97 Å². The van der Waals surface area contributed by atoms with Gasteiger partial charge in [-0.3, -0.25) is 4.79 Å². The van der Waals surface area contributed by atoms with Gasteiger partial charge in [-0.05, 0) is 61.8 Å². The fourth-order valence-corrected chi connectivity index (χ4v) is 6.46. The van der Waals surface area contributed by atoms with Gasteiger partial charge in [-0.2, -0.15) is 0 Å². The smallest absolute Gasteiger partial charge is 0.338 e. The molecule has 6 heteroatoms. The first-order chi connectivity index (χ1) is 20.0. The molecule has 0 aliphatic heterocycles. The summed E-state index contributed by atoms with van der Waals surface area (Å²) in [6.45, 7) is 0. The molecule has 1 unspecified atom stereocenters. The standard InChI is InChI=1S/C35H27N3O3/c1-41-34(40)28-12-5-4-11-25(28)23-18-30-33(31(39)19-23)29(37-35(36)38-30)17-22-9-6-8-21-14-15-26-24-10-3-2-7-20(24)13-16-27(26)32(21)22/h2-16,23H,17-19H2,1H3,(H2,36,37,38). The molecule has 1 atom stereocenters. The maximum absolute atomic E-state index is 13.7. The van der Waals surface area contributed by atoms with E-state index >= 15 is 0 Å². The largest absolute Gasteiger partial charge is 0.465 e. The van der Waals surface area contributed by atoms with Crippen molar-refractivity contribution in [2.75, 3.05) is 12.8 Å². The predicted octanol–water partition coefficient (Wildman–Crippen LogP) is 6.81. The summed E-state index contributed by atoms with van der Waals surface area (Å²) >= 11 is 0. The van der Waals surface area contributed by atoms with Crippen LogP contribution in [0.15, 0.2) is 91.0 Å². The van der Waals surface area contributed by atoms with Gasteiger partial charge in [0.15, 0.2) is 5.78 Å². The topological polar surface area (TPSA) is 95.2 Å². The van der Waals surface area contributed by atoms with Crippen LogP contribution >= 0.6 is 0 Å². The lowest BCUT2D eigenvalue weighted by molar-refractivity contribution is 0.0598. The number of carbonyl (C=O) groups is 2. The molecular weight excluding hydrogens is 510 g/mol. The van der Waals surface area contributed by atoms with Gasteiger partial charge < -0.3 is 10.5 Å². The first kappa shape index (κ1) is 24.9. The second kappa shape index (κ2) is 9.82. The Labute approximate surface area is 236 Å². The lowest BCUT2D eigenvalue weighted by Gasteiger charge is -2.26. The Morgan fingerprint density at radius 2 is 1.59 bits per heavy atom. The number of benzene rings is 5. The Hall–Kier alpha value is -5.10. The molecule has 0 radical (unpaired) electrons. The minimum Gasteiger partial charge on any atom is -0.465 e. The average molecular weight is 538 g/mol. The second-order valence-electron chi connectivity index (χ2n) is 10.6. The number of hydrogen-bond acceptors (Lipinski definition) is 6. The third-order valence-electron chi connectivity index (χ3n) is 8.24. The molecule has 0 saturated heterocycles. The van der Waals surface area contributed by atoms with E-state index < -0.39 is 5.97 Å². The Kier molecular flexibility index (Phi) is 5.97. The number of nitrogens with zero attached hydrogens (tertiary/aromatic N) is 2. The molecule has 0 spiro atoms. The molecule has 0 bridgehead atoms. The molecule has 6 aromatic rings. The number of esters is 1. The van der Waals surface area contributed by atoms with Gasteiger partial charge in [0.05, 0.1) is 29.6 Å². The summed E-state index contributed by atoms with van der Waals surface area (Å²) in [5, 5.41) is 7.04. The lowest BCUT2D eigenvalue weighted by Crippen LogP contribution is -2.25. The molecule has 7 rings (SSSR count). The number of carbonyl (C=O) groups excluding carboxylic acids is 2. The van der Waals surface area contributed by atoms with Crippen molar-refractivity contribution >= 4 is 50.0 Å². The van der Waals surface area contributed by atoms with Crippen LogP contribution in [-0.2, 0) is 17.6 Å². The van der Waals surface area contributed by atoms with Crippen LogP contribution in [0.3, 0.4) is 0 Å². The van der Waals surface area contributed by atoms with E-state index in [1.54, 1.807) is 12.1 Å². The minimum atomic E-state index is -0.419. The predicted molar refractivity (Wildman–Crippen MR) is 161 cm³/mol. The molecule has 41 heavy (non-hydrogen) atoms. The third-order valence-corrected chi connectivity index (χ3v) is 8.24. The maximum Gasteiger partial charge on any atom is 0.338 e. The van der Waals surface area contributed by atoms with Gasteiger partial charge in [-0.15, -0.1) is 0 Å². The van der Waals surface area contributed by atoms with E-state index in [-0.39, 0.29) is 24.1 Å². The highest BCUT2D eigenvalue weighted by Gasteiger charge is 2.32. The summed E-state index contributed by atoms with van der Waals surface area (Å²) in [5.41, 5.74) is 10.4. The number of anilines is 1. The molecule has 2 N–H and O–H groups in total. The molecule has 5 aromatic carbocycles. The molecule has 0 fully saturated rings. The number of nitrogens with two attached hydrogens (primary N) is 1. The average Bonchev–Trinajstić information content (AvgIpc) is 2.99. The summed E-state index contributed by atoms with van der Waals surface area (Å²) in [6, 6.07) is 30.6. The second-order valence-corrected chi connectivity index (χ2v) is 10.6. The Morgan fingerprint density at radius 3 is 2.46 bits per heavy atom. The summed E-state index contributed by atoms with van der Waals surface area (Å²) < 4.78 is 4.99. The molecule has 200 valence electrons. The van der Waals surface area contributed by atoms with E-state index in [1.807, 2.05) is 18.2 Å². The molecule has 1 aliphatic carbocycles. The van der Waals surface area contributed by atoms with E-state index in [1.165, 1.54) is 28.7 Å². The molecule has 6 nitrogen and oxygen atoms in total. The zero-order valence-electron chi connectivity index (χ0n) is 22.6. The number of aromatic nitrogens is 2. The third kappa shape index (κ3) is 4.19. The van der Waals surface area contributed by atoms with Crippen molar-refractivity contribution in [2.45, 2.75) is 25.2 Å². The summed E-state index contributed by atoms with van der Waals surface area (Å²) in [7, 11) is 1.36. The monoisotopic (exact) mass is 537 g/mol. The number of Topliss-reactive ketones (excluding diaryl/α,β-unsaturated/α-hetero) is 1. The van der Waals surface area contributed by atoms with Crippen molar-refractivity contribution < 1.29 is 14.3 Å². The van der Waals surface area contributed by atoms with Crippen molar-refractivity contribution in [1.82, 2.24) is 9.97 Å². The maximum atomic E-state index is 13.7. The van der Waals surface area contributed by atoms with Crippen molar-refractivity contribution in [3.05, 3.63) is 125 Å². The van der Waals surface area contributed by atoms with Crippen molar-refractivity contribution in [1.29, 1.82) is 0 Å².